The van der Waals surface area contributed by atoms with Crippen molar-refractivity contribution in [1.29, 1.82) is 5.41 Å². The summed E-state index contributed by atoms with van der Waals surface area (Å²) in [6.45, 7) is 1.80. The van der Waals surface area contributed by atoms with E-state index in [4.69, 9.17) is 19.9 Å². The van der Waals surface area contributed by atoms with Gasteiger partial charge in [0.15, 0.2) is 0 Å². The molecule has 0 spiro atoms. The Morgan fingerprint density at radius 1 is 1.05 bits per heavy atom. The number of aromatic amines is 1. The number of nitrogens with one attached hydrogen (secondary N) is 3. The lowest BCUT2D eigenvalue weighted by Gasteiger charge is -2.24. The van der Waals surface area contributed by atoms with Gasteiger partial charge in [-0.15, -0.1) is 0 Å². The minimum Gasteiger partial charge on any atom is -0.473 e. The summed E-state index contributed by atoms with van der Waals surface area (Å²) in [4.78, 5) is 24.8. The quantitative estimate of drug-likeness (QED) is 0.293. The SMILES string of the molecule is N=Cc1c(NC2CCOCC2)nc(Cc2ccccc2-c2ccc(OCc3ccccc3)nc2)[nH]c1=O. The van der Waals surface area contributed by atoms with Crippen LogP contribution in [0.15, 0.2) is 77.7 Å². The molecule has 4 aromatic rings. The van der Waals surface area contributed by atoms with Crippen LogP contribution in [0.5, 0.6) is 5.88 Å². The molecule has 1 aliphatic heterocycles. The molecule has 0 atom stereocenters. The third-order valence-corrected chi connectivity index (χ3v) is 6.36. The number of nitrogens with zero attached hydrogens (tertiary/aromatic N) is 2. The molecule has 3 N–H and O–H groups in total. The fraction of sp³-hybridized carbons (Fsp3) is 0.241. The first-order valence-electron chi connectivity index (χ1n) is 12.4. The van der Waals surface area contributed by atoms with E-state index in [-0.39, 0.29) is 17.2 Å². The van der Waals surface area contributed by atoms with Crippen LogP contribution >= 0.6 is 0 Å². The van der Waals surface area contributed by atoms with Gasteiger partial charge in [0.05, 0.1) is 5.56 Å². The Kier molecular flexibility index (Phi) is 7.66. The molecule has 0 radical (unpaired) electrons. The van der Waals surface area contributed by atoms with Crippen LogP contribution in [0.4, 0.5) is 5.82 Å². The molecule has 0 amide bonds. The number of pyridine rings is 1. The lowest BCUT2D eigenvalue weighted by atomic mass is 9.98. The van der Waals surface area contributed by atoms with E-state index in [0.29, 0.717) is 43.8 Å². The van der Waals surface area contributed by atoms with E-state index in [1.165, 1.54) is 0 Å². The van der Waals surface area contributed by atoms with Crippen LogP contribution in [0.3, 0.4) is 0 Å². The zero-order chi connectivity index (χ0) is 25.5. The highest BCUT2D eigenvalue weighted by Crippen LogP contribution is 2.26. The Balaban J connectivity index is 1.35. The molecule has 0 unspecified atom stereocenters. The van der Waals surface area contributed by atoms with Gasteiger partial charge in [-0.05, 0) is 35.6 Å². The number of hydrogen-bond donors (Lipinski definition) is 3. The number of rotatable bonds is 9. The lowest BCUT2D eigenvalue weighted by molar-refractivity contribution is 0.0904. The van der Waals surface area contributed by atoms with Crippen molar-refractivity contribution in [2.45, 2.75) is 31.9 Å². The fourth-order valence-corrected chi connectivity index (χ4v) is 4.38. The van der Waals surface area contributed by atoms with E-state index in [9.17, 15) is 4.79 Å². The Hall–Kier alpha value is -4.30. The van der Waals surface area contributed by atoms with Gasteiger partial charge >= 0.3 is 0 Å². The number of benzene rings is 2. The van der Waals surface area contributed by atoms with Crippen LogP contribution in [0.25, 0.3) is 11.1 Å². The van der Waals surface area contributed by atoms with Crippen molar-refractivity contribution >= 4 is 12.0 Å². The topological polar surface area (TPSA) is 113 Å². The maximum absolute atomic E-state index is 12.7. The Morgan fingerprint density at radius 3 is 2.59 bits per heavy atom. The summed E-state index contributed by atoms with van der Waals surface area (Å²) in [5.41, 5.74) is 3.95. The maximum Gasteiger partial charge on any atom is 0.261 e. The number of H-pyrrole nitrogens is 1. The highest BCUT2D eigenvalue weighted by molar-refractivity contribution is 5.83. The summed E-state index contributed by atoms with van der Waals surface area (Å²) in [5, 5.41) is 11.1. The number of aromatic nitrogens is 3. The minimum atomic E-state index is -0.325. The minimum absolute atomic E-state index is 0.163. The summed E-state index contributed by atoms with van der Waals surface area (Å²) < 4.78 is 11.3. The number of ether oxygens (including phenoxy) is 2. The van der Waals surface area contributed by atoms with Crippen molar-refractivity contribution in [3.8, 4) is 17.0 Å². The molecule has 1 fully saturated rings. The molecule has 1 aliphatic rings. The first kappa shape index (κ1) is 24.4. The molecule has 0 bridgehead atoms. The summed E-state index contributed by atoms with van der Waals surface area (Å²) in [7, 11) is 0. The van der Waals surface area contributed by atoms with Gasteiger partial charge in [0, 0.05) is 49.7 Å². The zero-order valence-corrected chi connectivity index (χ0v) is 20.4. The number of hydrogen-bond acceptors (Lipinski definition) is 7. The predicted octanol–water partition coefficient (Wildman–Crippen LogP) is 4.59. The van der Waals surface area contributed by atoms with Gasteiger partial charge in [0.1, 0.15) is 18.2 Å². The van der Waals surface area contributed by atoms with Crippen LogP contribution in [0, 0.1) is 5.41 Å². The van der Waals surface area contributed by atoms with Gasteiger partial charge in [-0.2, -0.15) is 0 Å². The standard InChI is InChI=1S/C29H29N5O3/c30-17-25-28(32-23-12-14-36-15-13-23)33-26(34-29(25)35)16-21-8-4-5-9-24(21)22-10-11-27(31-18-22)37-19-20-6-2-1-3-7-20/h1-11,17-18,23,30H,12-16,19H2,(H2,32,33,34,35). The fourth-order valence-electron chi connectivity index (χ4n) is 4.38. The van der Waals surface area contributed by atoms with Crippen LogP contribution in [-0.4, -0.2) is 40.4 Å². The van der Waals surface area contributed by atoms with Crippen molar-refractivity contribution in [3.05, 3.63) is 106 Å². The second-order valence-electron chi connectivity index (χ2n) is 8.94. The smallest absolute Gasteiger partial charge is 0.261 e. The molecular formula is C29H29N5O3. The Morgan fingerprint density at radius 2 is 1.84 bits per heavy atom. The van der Waals surface area contributed by atoms with Gasteiger partial charge in [0.2, 0.25) is 5.88 Å². The molecule has 5 rings (SSSR count). The first-order valence-corrected chi connectivity index (χ1v) is 12.4. The van der Waals surface area contributed by atoms with Gasteiger partial charge in [-0.1, -0.05) is 54.6 Å². The normalized spacial score (nSPS) is 13.7. The Labute approximate surface area is 215 Å². The monoisotopic (exact) mass is 495 g/mol. The van der Waals surface area contributed by atoms with Gasteiger partial charge in [-0.25, -0.2) is 9.97 Å². The van der Waals surface area contributed by atoms with E-state index in [1.54, 1.807) is 6.20 Å². The number of anilines is 1. The van der Waals surface area contributed by atoms with E-state index in [0.717, 1.165) is 41.3 Å². The highest BCUT2D eigenvalue weighted by atomic mass is 16.5. The van der Waals surface area contributed by atoms with Crippen molar-refractivity contribution in [1.82, 2.24) is 15.0 Å². The Bertz CT molecular complexity index is 1400. The summed E-state index contributed by atoms with van der Waals surface area (Å²) in [6.07, 6.45) is 4.95. The van der Waals surface area contributed by atoms with E-state index >= 15 is 0 Å². The van der Waals surface area contributed by atoms with Crippen LogP contribution < -0.4 is 15.6 Å². The summed E-state index contributed by atoms with van der Waals surface area (Å²) in [6, 6.07) is 22.0. The van der Waals surface area contributed by atoms with Crippen LogP contribution in [-0.2, 0) is 17.8 Å². The molecular weight excluding hydrogens is 466 g/mol. The average Bonchev–Trinajstić information content (AvgIpc) is 2.94. The molecule has 37 heavy (non-hydrogen) atoms. The molecule has 1 saturated heterocycles. The summed E-state index contributed by atoms with van der Waals surface area (Å²) in [5.74, 6) is 1.54. The van der Waals surface area contributed by atoms with Crippen molar-refractivity contribution < 1.29 is 9.47 Å². The van der Waals surface area contributed by atoms with Gasteiger partial charge in [0.25, 0.3) is 5.56 Å². The molecule has 3 heterocycles. The second kappa shape index (κ2) is 11.6. The van der Waals surface area contributed by atoms with E-state index < -0.39 is 0 Å². The zero-order valence-electron chi connectivity index (χ0n) is 20.4. The molecule has 8 nitrogen and oxygen atoms in total. The largest absolute Gasteiger partial charge is 0.473 e. The molecule has 0 aliphatic carbocycles. The maximum atomic E-state index is 12.7. The average molecular weight is 496 g/mol. The molecule has 2 aromatic carbocycles. The van der Waals surface area contributed by atoms with Crippen molar-refractivity contribution in [2.24, 2.45) is 0 Å². The second-order valence-corrected chi connectivity index (χ2v) is 8.94. The van der Waals surface area contributed by atoms with Crippen molar-refractivity contribution in [2.75, 3.05) is 18.5 Å². The third-order valence-electron chi connectivity index (χ3n) is 6.36. The lowest BCUT2D eigenvalue weighted by Crippen LogP contribution is -2.30. The first-order chi connectivity index (χ1) is 18.2. The predicted molar refractivity (Wildman–Crippen MR) is 143 cm³/mol. The molecule has 0 saturated carbocycles. The third kappa shape index (κ3) is 6.10. The van der Waals surface area contributed by atoms with Crippen molar-refractivity contribution in [3.63, 3.8) is 0 Å². The van der Waals surface area contributed by atoms with E-state index in [2.05, 4.69) is 15.3 Å². The van der Waals surface area contributed by atoms with E-state index in [1.807, 2.05) is 66.7 Å². The van der Waals surface area contributed by atoms with Gasteiger partial charge in [-0.3, -0.25) is 4.79 Å². The molecule has 2 aromatic heterocycles. The highest BCUT2D eigenvalue weighted by Gasteiger charge is 2.18. The molecule has 188 valence electrons. The van der Waals surface area contributed by atoms with Gasteiger partial charge < -0.3 is 25.2 Å². The van der Waals surface area contributed by atoms with Crippen LogP contribution in [0.1, 0.15) is 35.4 Å². The van der Waals surface area contributed by atoms with Crippen LogP contribution in [0.2, 0.25) is 0 Å². The summed E-state index contributed by atoms with van der Waals surface area (Å²) >= 11 is 0. The molecule has 8 heteroatoms.